The van der Waals surface area contributed by atoms with Crippen LogP contribution in [-0.2, 0) is 17.4 Å². The van der Waals surface area contributed by atoms with Crippen molar-refractivity contribution >= 4 is 5.91 Å². The number of nitrogens with zero attached hydrogens (tertiary/aromatic N) is 3. The van der Waals surface area contributed by atoms with Crippen molar-refractivity contribution in [3.8, 4) is 0 Å². The fraction of sp³-hybridized carbons (Fsp3) is 0.733. The fourth-order valence-corrected chi connectivity index (χ4v) is 3.11. The number of aryl methyl sites for hydroxylation is 1. The van der Waals surface area contributed by atoms with E-state index in [4.69, 9.17) is 0 Å². The summed E-state index contributed by atoms with van der Waals surface area (Å²) < 4.78 is 41.3. The van der Waals surface area contributed by atoms with Gasteiger partial charge in [-0.25, -0.2) is 4.98 Å². The molecule has 1 aliphatic rings. The molecule has 1 unspecified atom stereocenters. The van der Waals surface area contributed by atoms with Crippen molar-refractivity contribution in [2.24, 2.45) is 13.0 Å². The van der Waals surface area contributed by atoms with Gasteiger partial charge in [0.15, 0.2) is 5.82 Å². The average molecular weight is 333 g/mol. The van der Waals surface area contributed by atoms with Gasteiger partial charge < -0.3 is 14.6 Å². The van der Waals surface area contributed by atoms with Gasteiger partial charge in [0, 0.05) is 33.0 Å². The number of hydrogen-bond donors (Lipinski definition) is 1. The number of rotatable bonds is 5. The molecule has 23 heavy (non-hydrogen) atoms. The molecule has 8 heteroatoms. The third kappa shape index (κ3) is 3.68. The molecule has 130 valence electrons. The highest BCUT2D eigenvalue weighted by Gasteiger charge is 2.58. The maximum Gasteiger partial charge on any atom is 0.425 e. The molecule has 1 heterocycles. The Kier molecular flexibility index (Phi) is 5.03. The lowest BCUT2D eigenvalue weighted by Gasteiger charge is -2.31. The summed E-state index contributed by atoms with van der Waals surface area (Å²) in [6.45, 7) is 0.424. The molecule has 0 aliphatic heterocycles. The number of halogens is 3. The van der Waals surface area contributed by atoms with Crippen LogP contribution in [0.2, 0.25) is 0 Å². The number of aromatic nitrogens is 2. The van der Waals surface area contributed by atoms with Gasteiger partial charge in [-0.3, -0.25) is 4.79 Å². The van der Waals surface area contributed by atoms with Gasteiger partial charge >= 0.3 is 6.18 Å². The number of carbonyl (C=O) groups is 1. The van der Waals surface area contributed by atoms with Gasteiger partial charge in [0.25, 0.3) is 0 Å². The van der Waals surface area contributed by atoms with E-state index in [9.17, 15) is 23.1 Å². The SMILES string of the molecule is CN(CC1CCCC1)C(=O)CC(O)(c1nccn1C)C(F)(F)F. The first-order valence-electron chi connectivity index (χ1n) is 7.66. The Bertz CT molecular complexity index is 552. The Morgan fingerprint density at radius 3 is 2.52 bits per heavy atom. The highest BCUT2D eigenvalue weighted by Crippen LogP contribution is 2.41. The summed E-state index contributed by atoms with van der Waals surface area (Å²) in [7, 11) is 2.83. The minimum Gasteiger partial charge on any atom is -0.374 e. The molecule has 5 nitrogen and oxygen atoms in total. The van der Waals surface area contributed by atoms with E-state index in [0.717, 1.165) is 30.3 Å². The molecule has 1 aromatic rings. The Balaban J connectivity index is 2.14. The van der Waals surface area contributed by atoms with Crippen LogP contribution in [0.4, 0.5) is 13.2 Å². The molecule has 0 radical (unpaired) electrons. The highest BCUT2D eigenvalue weighted by atomic mass is 19.4. The van der Waals surface area contributed by atoms with Crippen molar-refractivity contribution in [2.45, 2.75) is 43.9 Å². The number of carbonyl (C=O) groups excluding carboxylic acids is 1. The van der Waals surface area contributed by atoms with E-state index in [1.807, 2.05) is 0 Å². The van der Waals surface area contributed by atoms with Gasteiger partial charge in [-0.2, -0.15) is 13.2 Å². The smallest absolute Gasteiger partial charge is 0.374 e. The zero-order valence-corrected chi connectivity index (χ0v) is 13.3. The van der Waals surface area contributed by atoms with Crippen molar-refractivity contribution in [3.05, 3.63) is 18.2 Å². The Morgan fingerprint density at radius 2 is 2.04 bits per heavy atom. The van der Waals surface area contributed by atoms with E-state index < -0.39 is 29.9 Å². The normalized spacial score (nSPS) is 18.9. The van der Waals surface area contributed by atoms with Crippen molar-refractivity contribution in [2.75, 3.05) is 13.6 Å². The molecule has 1 amide bonds. The van der Waals surface area contributed by atoms with E-state index >= 15 is 0 Å². The quantitative estimate of drug-likeness (QED) is 0.899. The van der Waals surface area contributed by atoms with E-state index in [1.54, 1.807) is 0 Å². The summed E-state index contributed by atoms with van der Waals surface area (Å²) >= 11 is 0. The lowest BCUT2D eigenvalue weighted by Crippen LogP contribution is -2.48. The summed E-state index contributed by atoms with van der Waals surface area (Å²) in [4.78, 5) is 17.1. The van der Waals surface area contributed by atoms with Crippen LogP contribution < -0.4 is 0 Å². The number of amides is 1. The van der Waals surface area contributed by atoms with Crippen LogP contribution in [0.15, 0.2) is 12.4 Å². The van der Waals surface area contributed by atoms with Crippen LogP contribution in [0.3, 0.4) is 0 Å². The highest BCUT2D eigenvalue weighted by molar-refractivity contribution is 5.77. The van der Waals surface area contributed by atoms with Crippen LogP contribution in [-0.4, -0.2) is 45.2 Å². The second-order valence-electron chi connectivity index (χ2n) is 6.32. The molecule has 2 rings (SSSR count). The number of hydrogen-bond acceptors (Lipinski definition) is 3. The molecule has 0 aromatic carbocycles. The molecule has 0 saturated heterocycles. The molecular formula is C15H22F3N3O2. The second kappa shape index (κ2) is 6.51. The van der Waals surface area contributed by atoms with Crippen molar-refractivity contribution in [1.29, 1.82) is 0 Å². The van der Waals surface area contributed by atoms with Gasteiger partial charge in [0.1, 0.15) is 0 Å². The first kappa shape index (κ1) is 17.8. The van der Waals surface area contributed by atoms with Crippen molar-refractivity contribution < 1.29 is 23.1 Å². The first-order chi connectivity index (χ1) is 10.6. The Labute approximate surface area is 133 Å². The molecule has 1 N–H and O–H groups in total. The number of aliphatic hydroxyl groups is 1. The standard InChI is InChI=1S/C15H22F3N3O2/c1-20-8-7-19-13(20)14(23,15(16,17)18)9-12(22)21(2)10-11-5-3-4-6-11/h7-8,11,23H,3-6,9-10H2,1-2H3. The summed E-state index contributed by atoms with van der Waals surface area (Å²) in [6, 6.07) is 0. The van der Waals surface area contributed by atoms with Crippen LogP contribution in [0.25, 0.3) is 0 Å². The maximum atomic E-state index is 13.4. The molecule has 1 saturated carbocycles. The van der Waals surface area contributed by atoms with Gasteiger partial charge in [0.2, 0.25) is 11.5 Å². The van der Waals surface area contributed by atoms with Gasteiger partial charge in [-0.1, -0.05) is 12.8 Å². The lowest BCUT2D eigenvalue weighted by molar-refractivity contribution is -0.271. The van der Waals surface area contributed by atoms with E-state index in [0.29, 0.717) is 12.5 Å². The van der Waals surface area contributed by atoms with Crippen molar-refractivity contribution in [3.63, 3.8) is 0 Å². The Morgan fingerprint density at radius 1 is 1.43 bits per heavy atom. The van der Waals surface area contributed by atoms with E-state index in [1.165, 1.54) is 31.4 Å². The molecule has 0 spiro atoms. The first-order valence-corrected chi connectivity index (χ1v) is 7.66. The molecule has 1 aliphatic carbocycles. The van der Waals surface area contributed by atoms with Crippen LogP contribution >= 0.6 is 0 Å². The third-order valence-electron chi connectivity index (χ3n) is 4.50. The summed E-state index contributed by atoms with van der Waals surface area (Å²) in [6.07, 6.45) is 0.567. The Hall–Kier alpha value is -1.57. The monoisotopic (exact) mass is 333 g/mol. The van der Waals surface area contributed by atoms with Gasteiger partial charge in [-0.05, 0) is 18.8 Å². The predicted octanol–water partition coefficient (Wildman–Crippen LogP) is 2.21. The molecular weight excluding hydrogens is 311 g/mol. The van der Waals surface area contributed by atoms with Crippen LogP contribution in [0.1, 0.15) is 37.9 Å². The predicted molar refractivity (Wildman–Crippen MR) is 77.4 cm³/mol. The molecule has 1 fully saturated rings. The third-order valence-corrected chi connectivity index (χ3v) is 4.50. The largest absolute Gasteiger partial charge is 0.425 e. The fourth-order valence-electron chi connectivity index (χ4n) is 3.11. The summed E-state index contributed by atoms with van der Waals surface area (Å²) in [5, 5.41) is 10.2. The zero-order valence-electron chi connectivity index (χ0n) is 13.3. The van der Waals surface area contributed by atoms with E-state index in [2.05, 4.69) is 4.98 Å². The molecule has 0 bridgehead atoms. The molecule has 1 aromatic heterocycles. The minimum absolute atomic E-state index is 0.330. The van der Waals surface area contributed by atoms with Gasteiger partial charge in [-0.15, -0.1) is 0 Å². The molecule has 1 atom stereocenters. The minimum atomic E-state index is -4.99. The average Bonchev–Trinajstić information content (AvgIpc) is 3.08. The zero-order chi connectivity index (χ0) is 17.3. The topological polar surface area (TPSA) is 58.4 Å². The van der Waals surface area contributed by atoms with E-state index in [-0.39, 0.29) is 0 Å². The van der Waals surface area contributed by atoms with Gasteiger partial charge in [0.05, 0.1) is 6.42 Å². The van der Waals surface area contributed by atoms with Crippen LogP contribution in [0.5, 0.6) is 0 Å². The second-order valence-corrected chi connectivity index (χ2v) is 6.32. The lowest BCUT2D eigenvalue weighted by atomic mass is 9.96. The summed E-state index contributed by atoms with van der Waals surface area (Å²) in [5.74, 6) is -0.983. The maximum absolute atomic E-state index is 13.4. The van der Waals surface area contributed by atoms with Crippen LogP contribution in [0, 0.1) is 5.92 Å². The number of alkyl halides is 3. The van der Waals surface area contributed by atoms with Crippen molar-refractivity contribution in [1.82, 2.24) is 14.5 Å². The number of imidazole rings is 1. The summed E-state index contributed by atoms with van der Waals surface area (Å²) in [5.41, 5.74) is -3.29.